The third kappa shape index (κ3) is 4.57. The number of aromatic nitrogens is 7. The quantitative estimate of drug-likeness (QED) is 0.448. The van der Waals surface area contributed by atoms with E-state index in [1.165, 1.54) is 18.4 Å². The molecule has 170 valence electrons. The number of nitrogens with one attached hydrogen (secondary N) is 1. The van der Waals surface area contributed by atoms with E-state index in [9.17, 15) is 0 Å². The molecule has 8 nitrogen and oxygen atoms in total. The van der Waals surface area contributed by atoms with Crippen molar-refractivity contribution in [2.75, 3.05) is 6.54 Å². The van der Waals surface area contributed by atoms with Crippen LogP contribution in [0.15, 0.2) is 48.5 Å². The van der Waals surface area contributed by atoms with Crippen LogP contribution in [-0.4, -0.2) is 41.9 Å². The highest BCUT2D eigenvalue weighted by molar-refractivity contribution is 5.80. The molecular weight excluding hydrogens is 412 g/mol. The lowest BCUT2D eigenvalue weighted by molar-refractivity contribution is 0.319. The van der Waals surface area contributed by atoms with Crippen LogP contribution in [0.5, 0.6) is 0 Å². The van der Waals surface area contributed by atoms with Crippen LogP contribution < -0.4 is 5.73 Å². The summed E-state index contributed by atoms with van der Waals surface area (Å²) in [7, 11) is 0. The van der Waals surface area contributed by atoms with Crippen LogP contribution in [0.4, 0.5) is 0 Å². The smallest absolute Gasteiger partial charge is 0.180 e. The highest BCUT2D eigenvalue weighted by Crippen LogP contribution is 2.35. The van der Waals surface area contributed by atoms with Crippen molar-refractivity contribution in [2.45, 2.75) is 51.5 Å². The van der Waals surface area contributed by atoms with Crippen LogP contribution in [0.2, 0.25) is 0 Å². The highest BCUT2D eigenvalue weighted by atomic mass is 15.5. The monoisotopic (exact) mass is 442 g/mol. The van der Waals surface area contributed by atoms with E-state index in [2.05, 4.69) is 62.6 Å². The zero-order valence-electron chi connectivity index (χ0n) is 19.0. The maximum Gasteiger partial charge on any atom is 0.180 e. The van der Waals surface area contributed by atoms with Crippen molar-refractivity contribution in [2.24, 2.45) is 11.7 Å². The van der Waals surface area contributed by atoms with Gasteiger partial charge in [0.25, 0.3) is 0 Å². The molecule has 0 atom stereocenters. The first-order valence-corrected chi connectivity index (χ1v) is 11.8. The summed E-state index contributed by atoms with van der Waals surface area (Å²) in [5.41, 5.74) is 10.3. The van der Waals surface area contributed by atoms with Crippen molar-refractivity contribution >= 4 is 0 Å². The lowest BCUT2D eigenvalue weighted by Gasteiger charge is -2.27. The van der Waals surface area contributed by atoms with Gasteiger partial charge in [-0.15, -0.1) is 5.10 Å². The summed E-state index contributed by atoms with van der Waals surface area (Å²) in [4.78, 5) is 4.90. The van der Waals surface area contributed by atoms with E-state index in [-0.39, 0.29) is 0 Å². The molecular formula is C25H30N8. The first-order chi connectivity index (χ1) is 16.2. The van der Waals surface area contributed by atoms with Crippen LogP contribution in [0.25, 0.3) is 22.5 Å². The summed E-state index contributed by atoms with van der Waals surface area (Å²) >= 11 is 0. The first-order valence-electron chi connectivity index (χ1n) is 11.8. The van der Waals surface area contributed by atoms with E-state index in [4.69, 9.17) is 15.8 Å². The number of nitrogens with two attached hydrogens (primary N) is 1. The maximum atomic E-state index is 5.89. The minimum atomic E-state index is 0.474. The van der Waals surface area contributed by atoms with Gasteiger partial charge in [-0.25, -0.2) is 14.8 Å². The summed E-state index contributed by atoms with van der Waals surface area (Å²) in [6.07, 6.45) is 5.52. The highest BCUT2D eigenvalue weighted by Gasteiger charge is 2.26. The molecule has 8 heteroatoms. The van der Waals surface area contributed by atoms with Gasteiger partial charge < -0.3 is 5.73 Å². The lowest BCUT2D eigenvalue weighted by atomic mass is 9.81. The molecule has 2 heterocycles. The van der Waals surface area contributed by atoms with Crippen LogP contribution >= 0.6 is 0 Å². The average Bonchev–Trinajstić information content (AvgIpc) is 3.55. The number of H-pyrrole nitrogens is 1. The molecule has 0 spiro atoms. The minimum Gasteiger partial charge on any atom is -0.330 e. The summed E-state index contributed by atoms with van der Waals surface area (Å²) in [5, 5.41) is 19.2. The number of tetrazole rings is 1. The standard InChI is InChI=1S/C25H30N8/c1-2-23-27-25(20-13-7-17(15-26)8-14-20)33(30-23)16-18-9-11-19(12-10-18)21-5-3-4-6-22(21)24-28-31-32-29-24/h3-6,9-12,17,20H,2,7-8,13-16,26H2,1H3,(H,28,29,31,32). The fourth-order valence-electron chi connectivity index (χ4n) is 4.80. The number of aryl methyl sites for hydroxylation is 1. The molecule has 1 aliphatic carbocycles. The Bertz CT molecular complexity index is 1170. The van der Waals surface area contributed by atoms with Crippen LogP contribution in [-0.2, 0) is 13.0 Å². The van der Waals surface area contributed by atoms with Crippen molar-refractivity contribution in [3.05, 3.63) is 65.7 Å². The molecule has 0 amide bonds. The van der Waals surface area contributed by atoms with Crippen LogP contribution in [0.3, 0.4) is 0 Å². The Balaban J connectivity index is 1.37. The minimum absolute atomic E-state index is 0.474. The Hall–Kier alpha value is -3.39. The van der Waals surface area contributed by atoms with Crippen molar-refractivity contribution in [1.82, 2.24) is 35.4 Å². The van der Waals surface area contributed by atoms with Gasteiger partial charge in [0.15, 0.2) is 11.6 Å². The van der Waals surface area contributed by atoms with E-state index in [1.54, 1.807) is 0 Å². The molecule has 2 aromatic heterocycles. The Morgan fingerprint density at radius 3 is 2.42 bits per heavy atom. The van der Waals surface area contributed by atoms with E-state index in [1.807, 2.05) is 18.2 Å². The van der Waals surface area contributed by atoms with E-state index in [0.29, 0.717) is 17.7 Å². The SMILES string of the molecule is CCc1nc(C2CCC(CN)CC2)n(Cc2ccc(-c3ccccc3-c3nnn[nH]3)cc2)n1. The number of hydrogen-bond donors (Lipinski definition) is 2. The Morgan fingerprint density at radius 1 is 1.00 bits per heavy atom. The fraction of sp³-hybridized carbons (Fsp3) is 0.400. The van der Waals surface area contributed by atoms with E-state index < -0.39 is 0 Å². The molecule has 0 unspecified atom stereocenters. The second-order valence-corrected chi connectivity index (χ2v) is 8.84. The number of nitrogens with zero attached hydrogens (tertiary/aromatic N) is 6. The molecule has 4 aromatic rings. The first kappa shape index (κ1) is 21.5. The number of rotatable bonds is 7. The number of aromatic amines is 1. The molecule has 1 saturated carbocycles. The molecule has 2 aromatic carbocycles. The van der Waals surface area contributed by atoms with Crippen molar-refractivity contribution in [3.63, 3.8) is 0 Å². The molecule has 0 radical (unpaired) electrons. The third-order valence-corrected chi connectivity index (χ3v) is 6.73. The predicted molar refractivity (Wildman–Crippen MR) is 127 cm³/mol. The molecule has 33 heavy (non-hydrogen) atoms. The zero-order chi connectivity index (χ0) is 22.6. The van der Waals surface area contributed by atoms with Crippen LogP contribution in [0.1, 0.15) is 55.7 Å². The lowest BCUT2D eigenvalue weighted by Crippen LogP contribution is -2.22. The number of hydrogen-bond acceptors (Lipinski definition) is 6. The largest absolute Gasteiger partial charge is 0.330 e. The van der Waals surface area contributed by atoms with Gasteiger partial charge in [-0.1, -0.05) is 55.5 Å². The molecule has 1 aliphatic rings. The van der Waals surface area contributed by atoms with Gasteiger partial charge >= 0.3 is 0 Å². The maximum absolute atomic E-state index is 5.89. The summed E-state index contributed by atoms with van der Waals surface area (Å²) in [6, 6.07) is 16.8. The number of benzene rings is 2. The Kier molecular flexibility index (Phi) is 6.26. The topological polar surface area (TPSA) is 111 Å². The fourth-order valence-corrected chi connectivity index (χ4v) is 4.80. The summed E-state index contributed by atoms with van der Waals surface area (Å²) < 4.78 is 2.12. The van der Waals surface area contributed by atoms with Gasteiger partial charge in [0.1, 0.15) is 5.82 Å². The van der Waals surface area contributed by atoms with E-state index in [0.717, 1.165) is 60.7 Å². The van der Waals surface area contributed by atoms with Crippen molar-refractivity contribution in [3.8, 4) is 22.5 Å². The Labute approximate surface area is 193 Å². The van der Waals surface area contributed by atoms with Gasteiger partial charge in [-0.3, -0.25) is 0 Å². The van der Waals surface area contributed by atoms with Crippen molar-refractivity contribution < 1.29 is 0 Å². The molecule has 3 N–H and O–H groups in total. The second kappa shape index (κ2) is 9.62. The summed E-state index contributed by atoms with van der Waals surface area (Å²) in [6.45, 7) is 3.64. The van der Waals surface area contributed by atoms with Gasteiger partial charge in [0.2, 0.25) is 0 Å². The zero-order valence-corrected chi connectivity index (χ0v) is 19.0. The average molecular weight is 443 g/mol. The molecule has 0 saturated heterocycles. The molecule has 0 bridgehead atoms. The van der Waals surface area contributed by atoms with Gasteiger partial charge in [0, 0.05) is 17.9 Å². The van der Waals surface area contributed by atoms with E-state index >= 15 is 0 Å². The third-order valence-electron chi connectivity index (χ3n) is 6.73. The second-order valence-electron chi connectivity index (χ2n) is 8.84. The van der Waals surface area contributed by atoms with Gasteiger partial charge in [0.05, 0.1) is 6.54 Å². The molecule has 5 rings (SSSR count). The van der Waals surface area contributed by atoms with Crippen LogP contribution in [0, 0.1) is 5.92 Å². The predicted octanol–water partition coefficient (Wildman–Crippen LogP) is 3.97. The van der Waals surface area contributed by atoms with Gasteiger partial charge in [-0.05, 0) is 65.3 Å². The van der Waals surface area contributed by atoms with Gasteiger partial charge in [-0.2, -0.15) is 5.10 Å². The van der Waals surface area contributed by atoms with Crippen molar-refractivity contribution in [1.29, 1.82) is 0 Å². The Morgan fingerprint density at radius 2 is 1.76 bits per heavy atom. The normalized spacial score (nSPS) is 18.5. The molecule has 0 aliphatic heterocycles. The summed E-state index contributed by atoms with van der Waals surface area (Å²) in [5.74, 6) is 3.86. The molecule has 1 fully saturated rings.